The highest BCUT2D eigenvalue weighted by Gasteiger charge is 2.49. The van der Waals surface area contributed by atoms with Crippen LogP contribution in [0.25, 0.3) is 0 Å². The molecule has 28 heavy (non-hydrogen) atoms. The van der Waals surface area contributed by atoms with Crippen molar-refractivity contribution in [3.63, 3.8) is 0 Å². The molecule has 3 rings (SSSR count). The third-order valence-corrected chi connectivity index (χ3v) is 5.29. The van der Waals surface area contributed by atoms with E-state index in [0.29, 0.717) is 5.56 Å². The van der Waals surface area contributed by atoms with Crippen LogP contribution in [0, 0.1) is 0 Å². The Morgan fingerprint density at radius 1 is 1.25 bits per heavy atom. The molecule has 0 unspecified atom stereocenters. The van der Waals surface area contributed by atoms with E-state index >= 15 is 0 Å². The van der Waals surface area contributed by atoms with Gasteiger partial charge in [0.2, 0.25) is 0 Å². The van der Waals surface area contributed by atoms with Gasteiger partial charge in [0.05, 0.1) is 0 Å². The summed E-state index contributed by atoms with van der Waals surface area (Å²) in [5, 5.41) is 5.48. The minimum Gasteiger partial charge on any atom is -0.451 e. The predicted octanol–water partition coefficient (Wildman–Crippen LogP) is 1.44. The molecule has 1 aromatic rings. The number of esters is 1. The van der Waals surface area contributed by atoms with Crippen molar-refractivity contribution in [2.24, 2.45) is 0 Å². The number of urea groups is 1. The van der Waals surface area contributed by atoms with E-state index in [2.05, 4.69) is 10.6 Å². The lowest BCUT2D eigenvalue weighted by atomic mass is 9.92. The van der Waals surface area contributed by atoms with E-state index in [0.717, 1.165) is 30.6 Å². The van der Waals surface area contributed by atoms with E-state index in [9.17, 15) is 19.2 Å². The number of hydrogen-bond acceptors (Lipinski definition) is 5. The number of ether oxygens (including phenoxy) is 1. The summed E-state index contributed by atoms with van der Waals surface area (Å²) in [4.78, 5) is 50.2. The standard InChI is InChI=1S/C20H25N3O5/c1-13(17(25)21-15-10-6-7-11-15)28-16(24)12-23-18(26)20(2,22-19(23)27)14-8-4-3-5-9-14/h3-5,8-9,13,15H,6-7,10-12H2,1-2H3,(H,21,25)(H,22,27)/t13-,20-/m1/s1. The maximum atomic E-state index is 12.8. The third-order valence-electron chi connectivity index (χ3n) is 5.29. The van der Waals surface area contributed by atoms with Crippen LogP contribution in [0.15, 0.2) is 30.3 Å². The van der Waals surface area contributed by atoms with Gasteiger partial charge >= 0.3 is 12.0 Å². The van der Waals surface area contributed by atoms with Gasteiger partial charge in [-0.05, 0) is 32.3 Å². The molecular formula is C20H25N3O5. The van der Waals surface area contributed by atoms with Crippen LogP contribution in [0.1, 0.15) is 45.1 Å². The van der Waals surface area contributed by atoms with Crippen LogP contribution < -0.4 is 10.6 Å². The van der Waals surface area contributed by atoms with Gasteiger partial charge in [0, 0.05) is 6.04 Å². The van der Waals surface area contributed by atoms with Crippen LogP contribution in [0.2, 0.25) is 0 Å². The van der Waals surface area contributed by atoms with Gasteiger partial charge in [0.25, 0.3) is 11.8 Å². The minimum atomic E-state index is -1.25. The lowest BCUT2D eigenvalue weighted by Crippen LogP contribution is -2.44. The highest BCUT2D eigenvalue weighted by Crippen LogP contribution is 2.28. The second-order valence-electron chi connectivity index (χ2n) is 7.43. The Morgan fingerprint density at radius 3 is 2.54 bits per heavy atom. The molecule has 8 heteroatoms. The Kier molecular flexibility index (Phi) is 5.67. The maximum absolute atomic E-state index is 12.8. The molecule has 0 aromatic heterocycles. The lowest BCUT2D eigenvalue weighted by molar-refractivity contribution is -0.156. The van der Waals surface area contributed by atoms with Crippen molar-refractivity contribution in [3.05, 3.63) is 35.9 Å². The van der Waals surface area contributed by atoms with Crippen molar-refractivity contribution in [2.45, 2.75) is 57.2 Å². The van der Waals surface area contributed by atoms with Gasteiger partial charge < -0.3 is 15.4 Å². The van der Waals surface area contributed by atoms with Crippen molar-refractivity contribution in [3.8, 4) is 0 Å². The first-order valence-electron chi connectivity index (χ1n) is 9.51. The topological polar surface area (TPSA) is 105 Å². The van der Waals surface area contributed by atoms with Gasteiger partial charge in [-0.25, -0.2) is 4.79 Å². The molecule has 1 aliphatic carbocycles. The fourth-order valence-corrected chi connectivity index (χ4v) is 3.61. The highest BCUT2D eigenvalue weighted by molar-refractivity contribution is 6.08. The summed E-state index contributed by atoms with van der Waals surface area (Å²) < 4.78 is 5.13. The molecule has 0 radical (unpaired) electrons. The molecule has 1 saturated carbocycles. The van der Waals surface area contributed by atoms with E-state index in [1.54, 1.807) is 37.3 Å². The molecule has 2 N–H and O–H groups in total. The van der Waals surface area contributed by atoms with Crippen LogP contribution in [0.3, 0.4) is 0 Å². The summed E-state index contributed by atoms with van der Waals surface area (Å²) in [7, 11) is 0. The fourth-order valence-electron chi connectivity index (χ4n) is 3.61. The van der Waals surface area contributed by atoms with Crippen LogP contribution in [-0.4, -0.2) is 47.4 Å². The van der Waals surface area contributed by atoms with Gasteiger partial charge in [-0.1, -0.05) is 43.2 Å². The molecule has 1 aromatic carbocycles. The van der Waals surface area contributed by atoms with E-state index < -0.39 is 36.1 Å². The van der Waals surface area contributed by atoms with Crippen molar-refractivity contribution in [1.82, 2.24) is 15.5 Å². The number of nitrogens with zero attached hydrogens (tertiary/aromatic N) is 1. The van der Waals surface area contributed by atoms with Gasteiger partial charge in [-0.2, -0.15) is 0 Å². The predicted molar refractivity (Wildman–Crippen MR) is 100.0 cm³/mol. The SMILES string of the molecule is C[C@@H](OC(=O)CN1C(=O)N[C@](C)(c2ccccc2)C1=O)C(=O)NC1CCCC1. The molecular weight excluding hydrogens is 362 g/mol. The van der Waals surface area contributed by atoms with Gasteiger partial charge in [-0.15, -0.1) is 0 Å². The van der Waals surface area contributed by atoms with Crippen molar-refractivity contribution >= 4 is 23.8 Å². The highest BCUT2D eigenvalue weighted by atomic mass is 16.5. The second kappa shape index (κ2) is 8.00. The molecule has 2 aliphatic rings. The Morgan fingerprint density at radius 2 is 1.89 bits per heavy atom. The molecule has 4 amide bonds. The number of carbonyl (C=O) groups excluding carboxylic acids is 4. The zero-order valence-corrected chi connectivity index (χ0v) is 16.1. The molecule has 0 bridgehead atoms. The van der Waals surface area contributed by atoms with E-state index in [1.807, 2.05) is 0 Å². The van der Waals surface area contributed by atoms with Crippen LogP contribution in [-0.2, 0) is 24.7 Å². The zero-order valence-electron chi connectivity index (χ0n) is 16.1. The van der Waals surface area contributed by atoms with Crippen molar-refractivity contribution in [2.75, 3.05) is 6.54 Å². The average molecular weight is 387 g/mol. The Labute approximate surface area is 163 Å². The molecule has 8 nitrogen and oxygen atoms in total. The first kappa shape index (κ1) is 19.9. The molecule has 1 aliphatic heterocycles. The Balaban J connectivity index is 1.58. The molecule has 2 fully saturated rings. The quantitative estimate of drug-likeness (QED) is 0.568. The van der Waals surface area contributed by atoms with Crippen molar-refractivity contribution in [1.29, 1.82) is 0 Å². The summed E-state index contributed by atoms with van der Waals surface area (Å²) in [5.74, 6) is -1.72. The minimum absolute atomic E-state index is 0.117. The second-order valence-corrected chi connectivity index (χ2v) is 7.43. The van der Waals surface area contributed by atoms with E-state index in [1.165, 1.54) is 6.92 Å². The van der Waals surface area contributed by atoms with Crippen LogP contribution in [0.5, 0.6) is 0 Å². The molecule has 1 heterocycles. The van der Waals surface area contributed by atoms with E-state index in [4.69, 9.17) is 4.74 Å². The summed E-state index contributed by atoms with van der Waals surface area (Å²) >= 11 is 0. The Bertz CT molecular complexity index is 775. The molecule has 2 atom stereocenters. The molecule has 0 spiro atoms. The van der Waals surface area contributed by atoms with Crippen LogP contribution in [0.4, 0.5) is 4.79 Å². The van der Waals surface area contributed by atoms with Crippen LogP contribution >= 0.6 is 0 Å². The van der Waals surface area contributed by atoms with Gasteiger partial charge in [0.15, 0.2) is 6.10 Å². The third kappa shape index (κ3) is 4.00. The number of imide groups is 1. The fraction of sp³-hybridized carbons (Fsp3) is 0.500. The Hall–Kier alpha value is -2.90. The largest absolute Gasteiger partial charge is 0.451 e. The summed E-state index contributed by atoms with van der Waals surface area (Å²) in [5.41, 5.74) is -0.627. The maximum Gasteiger partial charge on any atom is 0.327 e. The average Bonchev–Trinajstić information content (AvgIpc) is 3.25. The monoisotopic (exact) mass is 387 g/mol. The smallest absolute Gasteiger partial charge is 0.327 e. The molecule has 150 valence electrons. The zero-order chi connectivity index (χ0) is 20.3. The number of carbonyl (C=O) groups is 4. The van der Waals surface area contributed by atoms with E-state index in [-0.39, 0.29) is 11.9 Å². The number of nitrogens with one attached hydrogen (secondary N) is 2. The first-order chi connectivity index (χ1) is 13.3. The summed E-state index contributed by atoms with van der Waals surface area (Å²) in [6, 6.07) is 8.25. The van der Waals surface area contributed by atoms with Gasteiger partial charge in [-0.3, -0.25) is 19.3 Å². The number of amides is 4. The normalized spacial score (nSPS) is 23.4. The summed E-state index contributed by atoms with van der Waals surface area (Å²) in [6.07, 6.45) is 3.01. The lowest BCUT2D eigenvalue weighted by Gasteiger charge is -2.22. The number of benzene rings is 1. The number of hydrogen-bond donors (Lipinski definition) is 2. The number of rotatable bonds is 6. The molecule has 1 saturated heterocycles. The summed E-state index contributed by atoms with van der Waals surface area (Å²) in [6.45, 7) is 2.52. The first-order valence-corrected chi connectivity index (χ1v) is 9.51. The van der Waals surface area contributed by atoms with Crippen molar-refractivity contribution < 1.29 is 23.9 Å². The van der Waals surface area contributed by atoms with Gasteiger partial charge in [0.1, 0.15) is 12.1 Å².